The minimum Gasteiger partial charge on any atom is -0.481 e. The molecule has 68 heavy (non-hydrogen) atoms. The Morgan fingerprint density at radius 2 is 1.13 bits per heavy atom. The second kappa shape index (κ2) is 24.5. The first-order chi connectivity index (χ1) is 32.9. The molecule has 2 atom stereocenters. The molecule has 0 bridgehead atoms. The molecular weight excluding hydrogens is 871 g/mol. The first-order valence-electron chi connectivity index (χ1n) is 21.8. The van der Waals surface area contributed by atoms with Gasteiger partial charge in [-0.2, -0.15) is 20.5 Å². The molecule has 4 heterocycles. The summed E-state index contributed by atoms with van der Waals surface area (Å²) in [5, 5.41) is 59.9. The van der Waals surface area contributed by atoms with E-state index in [2.05, 4.69) is 43.5 Å². The predicted octanol–water partition coefficient (Wildman–Crippen LogP) is 6.69. The number of aryl methyl sites for hydroxylation is 1. The lowest BCUT2D eigenvalue weighted by molar-refractivity contribution is -0.140. The molecular formula is C51H51N7O10. The Kier molecular flexibility index (Phi) is 17.8. The number of hydrogen-bond donors (Lipinski definition) is 5. The fourth-order valence-corrected chi connectivity index (χ4v) is 7.24. The Labute approximate surface area is 393 Å². The lowest BCUT2D eigenvalue weighted by Gasteiger charge is -2.17. The molecule has 0 saturated heterocycles. The number of benzene rings is 2. The Balaban J connectivity index is 1.15. The number of ether oxygens (including phenoxy) is 4. The molecule has 0 saturated carbocycles. The van der Waals surface area contributed by atoms with Crippen LogP contribution in [0.15, 0.2) is 97.6 Å². The Hall–Kier alpha value is -7.96. The molecule has 4 aromatic heterocycles. The van der Waals surface area contributed by atoms with Gasteiger partial charge >= 0.3 is 11.9 Å². The van der Waals surface area contributed by atoms with Gasteiger partial charge in [0.1, 0.15) is 38.6 Å². The van der Waals surface area contributed by atoms with Crippen molar-refractivity contribution in [2.45, 2.75) is 91.1 Å². The zero-order chi connectivity index (χ0) is 48.4. The Morgan fingerprint density at radius 1 is 0.632 bits per heavy atom. The molecule has 0 radical (unpaired) electrons. The quantitative estimate of drug-likeness (QED) is 0.0400. The molecule has 0 aliphatic heterocycles. The second-order valence-corrected chi connectivity index (χ2v) is 16.0. The van der Waals surface area contributed by atoms with Gasteiger partial charge in [-0.3, -0.25) is 19.6 Å². The zero-order valence-electron chi connectivity index (χ0n) is 37.6. The number of nitriles is 2. The topological polar surface area (TPSA) is 263 Å². The van der Waals surface area contributed by atoms with E-state index in [1.165, 1.54) is 12.4 Å². The SMILES string of the molecule is Cc1c(COc2ccc(CCC[C@@H](O)CC(=O)O)c(OCc3cncc(C#N)c3)n2)cccc1-c1cccc(COc2ccc(CNC[C@@H](O)CC(=O)O)c(OCc3cncc(C#N)c3)n2)c1C. The van der Waals surface area contributed by atoms with E-state index in [1.807, 2.05) is 50.2 Å². The van der Waals surface area contributed by atoms with Crippen molar-refractivity contribution in [3.05, 3.63) is 153 Å². The standard InChI is InChI=1S/C51H51N7O10/c1-32-40(30-65-46-14-12-38(6-3-9-42(59)18-48(61)62)50(57-46)67-28-36-16-34(20-52)22-54-24-36)7-4-10-44(32)45-11-5-8-41(33(45)2)31-66-47-15-13-39(26-56-27-43(60)19-49(63)64)51(58-47)68-29-37-17-35(21-53)23-55-25-37/h4-5,7-8,10-17,22-25,42-43,56,59-60H,3,6,9,18-19,26-31H2,1-2H3,(H,61,62)(H,63,64)/t42-,43+/m1/s1. The molecule has 17 heteroatoms. The van der Waals surface area contributed by atoms with E-state index in [4.69, 9.17) is 29.2 Å². The Morgan fingerprint density at radius 3 is 1.65 bits per heavy atom. The molecule has 0 amide bonds. The van der Waals surface area contributed by atoms with Crippen LogP contribution in [-0.4, -0.2) is 71.1 Å². The van der Waals surface area contributed by atoms with Crippen molar-refractivity contribution in [2.24, 2.45) is 0 Å². The van der Waals surface area contributed by atoms with Crippen LogP contribution in [-0.2, 0) is 49.0 Å². The number of pyridine rings is 4. The average molecular weight is 922 g/mol. The molecule has 2 aromatic carbocycles. The molecule has 5 N–H and O–H groups in total. The van der Waals surface area contributed by atoms with Gasteiger partial charge < -0.3 is 44.7 Å². The number of aliphatic hydroxyl groups is 2. The molecule has 17 nitrogen and oxygen atoms in total. The monoisotopic (exact) mass is 921 g/mol. The fraction of sp³-hybridized carbons (Fsp3) is 0.294. The van der Waals surface area contributed by atoms with Crippen LogP contribution in [0.3, 0.4) is 0 Å². The van der Waals surface area contributed by atoms with Crippen LogP contribution in [0.1, 0.15) is 81.3 Å². The fourth-order valence-electron chi connectivity index (χ4n) is 7.24. The van der Waals surface area contributed by atoms with E-state index in [0.29, 0.717) is 58.3 Å². The maximum atomic E-state index is 11.0. The van der Waals surface area contributed by atoms with Crippen molar-refractivity contribution in [2.75, 3.05) is 6.54 Å². The van der Waals surface area contributed by atoms with E-state index in [9.17, 15) is 30.3 Å². The summed E-state index contributed by atoms with van der Waals surface area (Å²) >= 11 is 0. The summed E-state index contributed by atoms with van der Waals surface area (Å²) in [5.41, 5.74) is 9.39. The van der Waals surface area contributed by atoms with E-state index >= 15 is 0 Å². The smallest absolute Gasteiger partial charge is 0.306 e. The summed E-state index contributed by atoms with van der Waals surface area (Å²) in [5.74, 6) is -0.973. The molecule has 6 rings (SSSR count). The van der Waals surface area contributed by atoms with Crippen molar-refractivity contribution in [1.29, 1.82) is 10.5 Å². The van der Waals surface area contributed by atoms with Crippen LogP contribution in [0.25, 0.3) is 11.1 Å². The van der Waals surface area contributed by atoms with Gasteiger partial charge in [0, 0.05) is 72.3 Å². The van der Waals surface area contributed by atoms with Gasteiger partial charge in [-0.1, -0.05) is 36.4 Å². The molecule has 0 fully saturated rings. The van der Waals surface area contributed by atoms with E-state index in [-0.39, 0.29) is 58.2 Å². The van der Waals surface area contributed by atoms with Crippen molar-refractivity contribution in [3.8, 4) is 46.8 Å². The van der Waals surface area contributed by atoms with Gasteiger partial charge in [-0.15, -0.1) is 0 Å². The molecule has 0 aliphatic carbocycles. The van der Waals surface area contributed by atoms with Gasteiger partial charge in [0.15, 0.2) is 0 Å². The first kappa shape index (κ1) is 49.5. The number of aromatic nitrogens is 4. The van der Waals surface area contributed by atoms with Gasteiger partial charge in [-0.25, -0.2) is 0 Å². The third-order valence-electron chi connectivity index (χ3n) is 10.9. The van der Waals surface area contributed by atoms with Crippen molar-refractivity contribution in [1.82, 2.24) is 25.3 Å². The summed E-state index contributed by atoms with van der Waals surface area (Å²) in [6.45, 7) is 4.89. The van der Waals surface area contributed by atoms with Gasteiger partial charge in [0.2, 0.25) is 23.5 Å². The number of rotatable bonds is 25. The van der Waals surface area contributed by atoms with Gasteiger partial charge in [-0.05, 0) is 90.8 Å². The third-order valence-corrected chi connectivity index (χ3v) is 10.9. The van der Waals surface area contributed by atoms with Crippen LogP contribution < -0.4 is 24.3 Å². The number of hydrogen-bond acceptors (Lipinski definition) is 15. The van der Waals surface area contributed by atoms with E-state index < -0.39 is 30.6 Å². The minimum absolute atomic E-state index is 0.0413. The Bertz CT molecular complexity index is 2600. The number of nitrogens with zero attached hydrogens (tertiary/aromatic N) is 6. The van der Waals surface area contributed by atoms with E-state index in [1.54, 1.807) is 42.7 Å². The van der Waals surface area contributed by atoms with Crippen molar-refractivity contribution < 1.29 is 49.0 Å². The maximum Gasteiger partial charge on any atom is 0.306 e. The maximum absolute atomic E-state index is 11.0. The molecule has 350 valence electrons. The summed E-state index contributed by atoms with van der Waals surface area (Å²) in [6.07, 6.45) is 4.61. The molecule has 0 unspecified atom stereocenters. The van der Waals surface area contributed by atoms with Gasteiger partial charge in [0.25, 0.3) is 0 Å². The normalized spacial score (nSPS) is 11.7. The lowest BCUT2D eigenvalue weighted by atomic mass is 9.92. The number of aliphatic hydroxyl groups excluding tert-OH is 2. The highest BCUT2D eigenvalue weighted by atomic mass is 16.5. The summed E-state index contributed by atoms with van der Waals surface area (Å²) in [6, 6.07) is 26.6. The van der Waals surface area contributed by atoms with Gasteiger partial charge in [0.05, 0.1) is 36.2 Å². The minimum atomic E-state index is -1.10. The highest BCUT2D eigenvalue weighted by Crippen LogP contribution is 2.32. The van der Waals surface area contributed by atoms with Crippen molar-refractivity contribution >= 4 is 11.9 Å². The lowest BCUT2D eigenvalue weighted by Crippen LogP contribution is -2.28. The predicted molar refractivity (Wildman–Crippen MR) is 246 cm³/mol. The average Bonchev–Trinajstić information content (AvgIpc) is 3.32. The first-order valence-corrected chi connectivity index (χ1v) is 21.8. The highest BCUT2D eigenvalue weighted by molar-refractivity contribution is 5.72. The number of nitrogens with one attached hydrogen (secondary N) is 1. The highest BCUT2D eigenvalue weighted by Gasteiger charge is 2.17. The summed E-state index contributed by atoms with van der Waals surface area (Å²) in [4.78, 5) is 39.6. The number of carbonyl (C=O) groups is 2. The second-order valence-electron chi connectivity index (χ2n) is 16.0. The van der Waals surface area contributed by atoms with E-state index in [0.717, 1.165) is 38.9 Å². The zero-order valence-corrected chi connectivity index (χ0v) is 37.6. The summed E-state index contributed by atoms with van der Waals surface area (Å²) in [7, 11) is 0. The third kappa shape index (κ3) is 14.5. The van der Waals surface area contributed by atoms with Crippen molar-refractivity contribution in [3.63, 3.8) is 0 Å². The summed E-state index contributed by atoms with van der Waals surface area (Å²) < 4.78 is 24.7. The van der Waals surface area contributed by atoms with Crippen LogP contribution >= 0.6 is 0 Å². The molecule has 0 aliphatic rings. The van der Waals surface area contributed by atoms with Crippen LogP contribution in [0, 0.1) is 36.5 Å². The number of aliphatic carboxylic acids is 2. The number of carboxylic acid groups (broad SMARTS) is 2. The van der Waals surface area contributed by atoms with Crippen LogP contribution in [0.5, 0.6) is 23.5 Å². The van der Waals surface area contributed by atoms with Crippen LogP contribution in [0.4, 0.5) is 0 Å². The largest absolute Gasteiger partial charge is 0.481 e. The number of carboxylic acids is 2. The molecule has 0 spiro atoms. The molecule has 6 aromatic rings. The van der Waals surface area contributed by atoms with Crippen LogP contribution in [0.2, 0.25) is 0 Å².